The molecule has 0 saturated carbocycles. The molecule has 0 N–H and O–H groups in total. The van der Waals surface area contributed by atoms with Gasteiger partial charge in [0.1, 0.15) is 0 Å². The molecular weight excluding hydrogens is 556 g/mol. The highest BCUT2D eigenvalue weighted by Crippen LogP contribution is 2.47. The minimum atomic E-state index is 1.11. The molecule has 0 atom stereocenters. The highest BCUT2D eigenvalue weighted by atomic mass is 15.2. The van der Waals surface area contributed by atoms with Crippen LogP contribution in [-0.2, 0) is 0 Å². The molecule has 0 aliphatic heterocycles. The lowest BCUT2D eigenvalue weighted by Crippen LogP contribution is -2.12. The molecule has 0 spiro atoms. The van der Waals surface area contributed by atoms with Crippen LogP contribution in [-0.4, -0.2) is 4.57 Å². The predicted molar refractivity (Wildman–Crippen MR) is 196 cm³/mol. The first-order valence-electron chi connectivity index (χ1n) is 15.9. The smallest absolute Gasteiger partial charge is 0.0562 e. The molecule has 0 amide bonds. The van der Waals surface area contributed by atoms with Gasteiger partial charge in [0.25, 0.3) is 0 Å². The SMILES string of the molecule is Cc1ccc(-c2ccc(-c3ccc(C)cc3)c(N(c3ccccc3)c3cccc4c3c3ccccc3n4-c3ccccc3)c2)cc1. The zero-order chi connectivity index (χ0) is 31.0. The van der Waals surface area contributed by atoms with E-state index in [1.165, 1.54) is 55.2 Å². The van der Waals surface area contributed by atoms with Crippen molar-refractivity contribution < 1.29 is 0 Å². The number of benzene rings is 7. The van der Waals surface area contributed by atoms with Gasteiger partial charge in [0.2, 0.25) is 0 Å². The van der Waals surface area contributed by atoms with Gasteiger partial charge in [-0.3, -0.25) is 0 Å². The van der Waals surface area contributed by atoms with Crippen molar-refractivity contribution in [2.24, 2.45) is 0 Å². The Balaban J connectivity index is 1.46. The summed E-state index contributed by atoms with van der Waals surface area (Å²) in [6.07, 6.45) is 0. The van der Waals surface area contributed by atoms with Gasteiger partial charge in [-0.25, -0.2) is 0 Å². The number of anilines is 3. The number of nitrogens with zero attached hydrogens (tertiary/aromatic N) is 2. The van der Waals surface area contributed by atoms with E-state index in [4.69, 9.17) is 0 Å². The molecule has 0 radical (unpaired) electrons. The van der Waals surface area contributed by atoms with E-state index < -0.39 is 0 Å². The van der Waals surface area contributed by atoms with Crippen molar-refractivity contribution in [2.75, 3.05) is 4.90 Å². The van der Waals surface area contributed by atoms with Crippen LogP contribution in [0, 0.1) is 13.8 Å². The van der Waals surface area contributed by atoms with Gasteiger partial charge in [0.15, 0.2) is 0 Å². The van der Waals surface area contributed by atoms with Gasteiger partial charge in [-0.05, 0) is 79.1 Å². The minimum absolute atomic E-state index is 1.11. The highest BCUT2D eigenvalue weighted by molar-refractivity contribution is 6.17. The summed E-state index contributed by atoms with van der Waals surface area (Å²) in [5.74, 6) is 0. The van der Waals surface area contributed by atoms with E-state index in [0.717, 1.165) is 22.7 Å². The van der Waals surface area contributed by atoms with Gasteiger partial charge >= 0.3 is 0 Å². The quantitative estimate of drug-likeness (QED) is 0.187. The Morgan fingerprint density at radius 3 is 1.74 bits per heavy atom. The van der Waals surface area contributed by atoms with Crippen molar-refractivity contribution in [2.45, 2.75) is 13.8 Å². The lowest BCUT2D eigenvalue weighted by atomic mass is 9.95. The molecule has 0 unspecified atom stereocenters. The summed E-state index contributed by atoms with van der Waals surface area (Å²) in [5.41, 5.74) is 14.2. The second-order valence-electron chi connectivity index (χ2n) is 12.0. The van der Waals surface area contributed by atoms with Crippen molar-refractivity contribution >= 4 is 38.9 Å². The summed E-state index contributed by atoms with van der Waals surface area (Å²) in [4.78, 5) is 2.46. The number of hydrogen-bond acceptors (Lipinski definition) is 1. The van der Waals surface area contributed by atoms with E-state index in [1.807, 2.05) is 0 Å². The van der Waals surface area contributed by atoms with Gasteiger partial charge < -0.3 is 9.47 Å². The third-order valence-corrected chi connectivity index (χ3v) is 8.93. The summed E-state index contributed by atoms with van der Waals surface area (Å²) in [5, 5.41) is 2.45. The molecule has 0 fully saturated rings. The van der Waals surface area contributed by atoms with E-state index in [1.54, 1.807) is 0 Å². The van der Waals surface area contributed by atoms with Crippen LogP contribution in [0.15, 0.2) is 170 Å². The maximum Gasteiger partial charge on any atom is 0.0562 e. The molecular formula is C44H34N2. The Kier molecular flexibility index (Phi) is 6.96. The van der Waals surface area contributed by atoms with Crippen LogP contribution >= 0.6 is 0 Å². The molecule has 0 aliphatic rings. The molecule has 46 heavy (non-hydrogen) atoms. The first kappa shape index (κ1) is 27.7. The maximum absolute atomic E-state index is 2.46. The molecule has 2 nitrogen and oxygen atoms in total. The van der Waals surface area contributed by atoms with Crippen molar-refractivity contribution in [3.05, 3.63) is 181 Å². The molecule has 8 rings (SSSR count). The summed E-state index contributed by atoms with van der Waals surface area (Å²) in [6.45, 7) is 4.28. The predicted octanol–water partition coefficient (Wildman–Crippen LogP) is 12.2. The van der Waals surface area contributed by atoms with Crippen LogP contribution in [0.4, 0.5) is 17.1 Å². The molecule has 0 bridgehead atoms. The van der Waals surface area contributed by atoms with Crippen molar-refractivity contribution in [3.8, 4) is 27.9 Å². The van der Waals surface area contributed by atoms with Crippen molar-refractivity contribution in [1.82, 2.24) is 4.57 Å². The number of aromatic nitrogens is 1. The summed E-state index contributed by atoms with van der Waals surface area (Å²) in [6, 6.07) is 61.6. The Labute approximate surface area is 270 Å². The van der Waals surface area contributed by atoms with Gasteiger partial charge in [-0.15, -0.1) is 0 Å². The van der Waals surface area contributed by atoms with Crippen molar-refractivity contribution in [3.63, 3.8) is 0 Å². The zero-order valence-electron chi connectivity index (χ0n) is 26.1. The standard InChI is InChI=1S/C44H34N2/c1-31-20-24-33(25-21-31)35-28-29-38(34-26-22-32(2)23-27-34)43(30-35)46(37-14-7-4-8-15-37)42-19-11-18-41-44(42)39-16-9-10-17-40(39)45(41)36-12-5-3-6-13-36/h3-30H,1-2H3. The first-order valence-corrected chi connectivity index (χ1v) is 15.9. The first-order chi connectivity index (χ1) is 22.7. The largest absolute Gasteiger partial charge is 0.309 e. The Hall–Kier alpha value is -5.86. The molecule has 1 aromatic heterocycles. The number of rotatable bonds is 6. The summed E-state index contributed by atoms with van der Waals surface area (Å²) in [7, 11) is 0. The van der Waals surface area contributed by atoms with Gasteiger partial charge in [0.05, 0.1) is 22.4 Å². The number of fused-ring (bicyclic) bond motifs is 3. The molecule has 2 heteroatoms. The van der Waals surface area contributed by atoms with E-state index in [-0.39, 0.29) is 0 Å². The Bertz CT molecular complexity index is 2300. The van der Waals surface area contributed by atoms with Crippen LogP contribution in [0.5, 0.6) is 0 Å². The number of aryl methyl sites for hydroxylation is 2. The normalized spacial score (nSPS) is 11.3. The third kappa shape index (κ3) is 4.85. The fourth-order valence-corrected chi connectivity index (χ4v) is 6.65. The van der Waals surface area contributed by atoms with E-state index >= 15 is 0 Å². The third-order valence-electron chi connectivity index (χ3n) is 8.93. The lowest BCUT2D eigenvalue weighted by molar-refractivity contribution is 1.18. The molecule has 220 valence electrons. The fourth-order valence-electron chi connectivity index (χ4n) is 6.65. The highest BCUT2D eigenvalue weighted by Gasteiger charge is 2.23. The second-order valence-corrected chi connectivity index (χ2v) is 12.0. The molecule has 0 saturated heterocycles. The second kappa shape index (κ2) is 11.6. The number of para-hydroxylation sites is 3. The zero-order valence-corrected chi connectivity index (χ0v) is 26.1. The van der Waals surface area contributed by atoms with Crippen LogP contribution in [0.25, 0.3) is 49.7 Å². The van der Waals surface area contributed by atoms with Crippen molar-refractivity contribution in [1.29, 1.82) is 0 Å². The minimum Gasteiger partial charge on any atom is -0.309 e. The molecule has 1 heterocycles. The fraction of sp³-hybridized carbons (Fsp3) is 0.0455. The van der Waals surface area contributed by atoms with Crippen LogP contribution in [0.1, 0.15) is 11.1 Å². The van der Waals surface area contributed by atoms with E-state index in [9.17, 15) is 0 Å². The molecule has 8 aromatic rings. The van der Waals surface area contributed by atoms with Crippen LogP contribution in [0.2, 0.25) is 0 Å². The monoisotopic (exact) mass is 590 g/mol. The summed E-state index contributed by atoms with van der Waals surface area (Å²) < 4.78 is 2.39. The average molecular weight is 591 g/mol. The maximum atomic E-state index is 2.46. The average Bonchev–Trinajstić information content (AvgIpc) is 3.45. The van der Waals surface area contributed by atoms with Gasteiger partial charge in [-0.1, -0.05) is 132 Å². The molecule has 7 aromatic carbocycles. The van der Waals surface area contributed by atoms with Crippen LogP contribution < -0.4 is 4.90 Å². The van der Waals surface area contributed by atoms with Gasteiger partial charge in [-0.2, -0.15) is 0 Å². The Morgan fingerprint density at radius 2 is 1.02 bits per heavy atom. The lowest BCUT2D eigenvalue weighted by Gasteiger charge is -2.29. The topological polar surface area (TPSA) is 8.17 Å². The summed E-state index contributed by atoms with van der Waals surface area (Å²) >= 11 is 0. The van der Waals surface area contributed by atoms with E-state index in [0.29, 0.717) is 0 Å². The number of hydrogen-bond donors (Lipinski definition) is 0. The Morgan fingerprint density at radius 1 is 0.435 bits per heavy atom. The van der Waals surface area contributed by atoms with Gasteiger partial charge in [0, 0.05) is 27.7 Å². The van der Waals surface area contributed by atoms with E-state index in [2.05, 4.69) is 193 Å². The molecule has 0 aliphatic carbocycles. The van der Waals surface area contributed by atoms with Crippen LogP contribution in [0.3, 0.4) is 0 Å².